The smallest absolute Gasteiger partial charge is 0.312 e. The van der Waals surface area contributed by atoms with E-state index >= 15 is 0 Å². The third-order valence-electron chi connectivity index (χ3n) is 4.15. The standard InChI is InChI=1S/C20H28N4O2/c1-7-14(2)10-15(11-21-6)17-16-8-9-24(18(16)23-12-22-17)13-26-19(25)20(3,4)5/h8-12,14H,7,13H2,1-6H3/b15-10+,21-11?. The van der Waals surface area contributed by atoms with E-state index in [1.165, 1.54) is 6.33 Å². The second kappa shape index (κ2) is 8.25. The van der Waals surface area contributed by atoms with E-state index in [9.17, 15) is 4.79 Å². The zero-order valence-corrected chi connectivity index (χ0v) is 16.5. The largest absolute Gasteiger partial charge is 0.443 e. The van der Waals surface area contributed by atoms with Crippen molar-refractivity contribution >= 4 is 28.8 Å². The number of rotatable bonds is 6. The van der Waals surface area contributed by atoms with Crippen molar-refractivity contribution in [3.05, 3.63) is 30.4 Å². The average molecular weight is 356 g/mol. The Morgan fingerprint density at radius 1 is 1.38 bits per heavy atom. The van der Waals surface area contributed by atoms with Crippen molar-refractivity contribution < 1.29 is 9.53 Å². The third-order valence-corrected chi connectivity index (χ3v) is 4.15. The fourth-order valence-electron chi connectivity index (χ4n) is 2.43. The van der Waals surface area contributed by atoms with Gasteiger partial charge in [-0.1, -0.05) is 26.3 Å². The highest BCUT2D eigenvalue weighted by atomic mass is 16.5. The fraction of sp³-hybridized carbons (Fsp3) is 0.500. The summed E-state index contributed by atoms with van der Waals surface area (Å²) in [4.78, 5) is 25.0. The molecule has 0 N–H and O–H groups in total. The molecule has 0 aliphatic carbocycles. The summed E-state index contributed by atoms with van der Waals surface area (Å²) < 4.78 is 7.23. The molecule has 2 aromatic rings. The highest BCUT2D eigenvalue weighted by Crippen LogP contribution is 2.24. The second-order valence-corrected chi connectivity index (χ2v) is 7.45. The van der Waals surface area contributed by atoms with Crippen molar-refractivity contribution in [1.82, 2.24) is 14.5 Å². The molecule has 0 aliphatic heterocycles. The van der Waals surface area contributed by atoms with Gasteiger partial charge in [0, 0.05) is 30.4 Å². The molecule has 0 saturated heterocycles. The molecule has 0 amide bonds. The van der Waals surface area contributed by atoms with Crippen LogP contribution in [-0.4, -0.2) is 33.8 Å². The van der Waals surface area contributed by atoms with Crippen molar-refractivity contribution in [2.45, 2.75) is 47.8 Å². The third kappa shape index (κ3) is 4.56. The van der Waals surface area contributed by atoms with Gasteiger partial charge in [0.2, 0.25) is 0 Å². The maximum Gasteiger partial charge on any atom is 0.312 e. The summed E-state index contributed by atoms with van der Waals surface area (Å²) in [6, 6.07) is 1.95. The fourth-order valence-corrected chi connectivity index (χ4v) is 2.43. The van der Waals surface area contributed by atoms with Gasteiger partial charge in [-0.3, -0.25) is 14.4 Å². The van der Waals surface area contributed by atoms with Gasteiger partial charge in [0.15, 0.2) is 6.73 Å². The number of aromatic nitrogens is 3. The highest BCUT2D eigenvalue weighted by molar-refractivity contribution is 6.13. The van der Waals surface area contributed by atoms with E-state index < -0.39 is 5.41 Å². The first-order chi connectivity index (χ1) is 12.3. The number of esters is 1. The highest BCUT2D eigenvalue weighted by Gasteiger charge is 2.23. The van der Waals surface area contributed by atoms with E-state index in [2.05, 4.69) is 34.9 Å². The Labute approximate surface area is 155 Å². The Morgan fingerprint density at radius 3 is 2.73 bits per heavy atom. The van der Waals surface area contributed by atoms with Crippen molar-refractivity contribution in [3.63, 3.8) is 0 Å². The molecule has 0 saturated carbocycles. The van der Waals surface area contributed by atoms with Crippen LogP contribution in [0.3, 0.4) is 0 Å². The number of allylic oxidation sites excluding steroid dienone is 2. The van der Waals surface area contributed by atoms with Crippen LogP contribution in [0.1, 0.15) is 46.7 Å². The molecule has 0 aliphatic rings. The van der Waals surface area contributed by atoms with E-state index in [1.54, 1.807) is 7.05 Å². The van der Waals surface area contributed by atoms with Crippen molar-refractivity contribution in [3.8, 4) is 0 Å². The second-order valence-electron chi connectivity index (χ2n) is 7.45. The molecule has 1 atom stereocenters. The predicted molar refractivity (Wildman–Crippen MR) is 105 cm³/mol. The maximum atomic E-state index is 12.0. The van der Waals surface area contributed by atoms with Gasteiger partial charge < -0.3 is 4.74 Å². The number of ether oxygens (including phenoxy) is 1. The number of carbonyl (C=O) groups is 1. The first kappa shape index (κ1) is 19.8. The molecule has 2 heterocycles. The van der Waals surface area contributed by atoms with Gasteiger partial charge >= 0.3 is 5.97 Å². The predicted octanol–water partition coefficient (Wildman–Crippen LogP) is 4.11. The minimum atomic E-state index is -0.535. The monoisotopic (exact) mass is 356 g/mol. The van der Waals surface area contributed by atoms with Gasteiger partial charge in [-0.2, -0.15) is 0 Å². The van der Waals surface area contributed by atoms with Gasteiger partial charge in [0.05, 0.1) is 11.1 Å². The molecule has 140 valence electrons. The summed E-state index contributed by atoms with van der Waals surface area (Å²) in [5, 5.41) is 0.911. The molecule has 6 heteroatoms. The van der Waals surface area contributed by atoms with Gasteiger partial charge in [-0.25, -0.2) is 9.97 Å². The molecular weight excluding hydrogens is 328 g/mol. The minimum absolute atomic E-state index is 0.127. The molecule has 26 heavy (non-hydrogen) atoms. The maximum absolute atomic E-state index is 12.0. The lowest BCUT2D eigenvalue weighted by molar-refractivity contribution is -0.156. The van der Waals surface area contributed by atoms with Crippen LogP contribution in [0.25, 0.3) is 16.6 Å². The SMILES string of the molecule is CCC(C)/C=C(\C=NC)c1ncnc2c1ccn2COC(=O)C(C)(C)C. The molecular formula is C20H28N4O2. The van der Waals surface area contributed by atoms with Crippen LogP contribution in [0.2, 0.25) is 0 Å². The molecule has 0 aromatic carbocycles. The first-order valence-corrected chi connectivity index (χ1v) is 8.89. The van der Waals surface area contributed by atoms with Gasteiger partial charge in [0.1, 0.15) is 12.0 Å². The Bertz CT molecular complexity index is 828. The molecule has 0 fully saturated rings. The summed E-state index contributed by atoms with van der Waals surface area (Å²) >= 11 is 0. The molecule has 0 radical (unpaired) electrons. The number of fused-ring (bicyclic) bond motifs is 1. The summed E-state index contributed by atoms with van der Waals surface area (Å²) in [6.07, 6.45) is 8.44. The van der Waals surface area contributed by atoms with Crippen molar-refractivity contribution in [2.75, 3.05) is 7.05 Å². The lowest BCUT2D eigenvalue weighted by Crippen LogP contribution is -2.23. The van der Waals surface area contributed by atoms with E-state index in [4.69, 9.17) is 4.74 Å². The summed E-state index contributed by atoms with van der Waals surface area (Å²) in [7, 11) is 1.75. The first-order valence-electron chi connectivity index (χ1n) is 8.89. The zero-order chi connectivity index (χ0) is 19.3. The normalized spacial score (nSPS) is 14.2. The number of hydrogen-bond donors (Lipinski definition) is 0. The van der Waals surface area contributed by atoms with Gasteiger partial charge in [-0.05, 0) is 32.8 Å². The Morgan fingerprint density at radius 2 is 2.12 bits per heavy atom. The molecule has 6 nitrogen and oxygen atoms in total. The van der Waals surface area contributed by atoms with Crippen LogP contribution in [0, 0.1) is 11.3 Å². The Balaban J connectivity index is 2.38. The van der Waals surface area contributed by atoms with Crippen LogP contribution in [0.5, 0.6) is 0 Å². The van der Waals surface area contributed by atoms with Crippen LogP contribution < -0.4 is 0 Å². The molecule has 1 unspecified atom stereocenters. The summed E-state index contributed by atoms with van der Waals surface area (Å²) in [6.45, 7) is 9.94. The molecule has 2 aromatic heterocycles. The molecule has 2 rings (SSSR count). The van der Waals surface area contributed by atoms with Gasteiger partial charge in [0.25, 0.3) is 0 Å². The van der Waals surface area contributed by atoms with Crippen molar-refractivity contribution in [1.29, 1.82) is 0 Å². The number of nitrogens with zero attached hydrogens (tertiary/aromatic N) is 4. The number of aliphatic imine (C=N–C) groups is 1. The number of hydrogen-bond acceptors (Lipinski definition) is 5. The van der Waals surface area contributed by atoms with E-state index in [0.29, 0.717) is 5.92 Å². The summed E-state index contributed by atoms with van der Waals surface area (Å²) in [5.74, 6) is 0.173. The topological polar surface area (TPSA) is 69.4 Å². The van der Waals surface area contributed by atoms with Gasteiger partial charge in [-0.15, -0.1) is 0 Å². The Hall–Kier alpha value is -2.50. The Kier molecular flexibility index (Phi) is 6.29. The number of carbonyl (C=O) groups excluding carboxylic acids is 1. The lowest BCUT2D eigenvalue weighted by Gasteiger charge is -2.17. The lowest BCUT2D eigenvalue weighted by atomic mass is 9.98. The van der Waals surface area contributed by atoms with Crippen molar-refractivity contribution in [2.24, 2.45) is 16.3 Å². The minimum Gasteiger partial charge on any atom is -0.443 e. The van der Waals surface area contributed by atoms with E-state index in [1.807, 2.05) is 43.8 Å². The van der Waals surface area contributed by atoms with Crippen LogP contribution in [0.4, 0.5) is 0 Å². The molecule has 0 bridgehead atoms. The van der Waals surface area contributed by atoms with Crippen LogP contribution in [-0.2, 0) is 16.3 Å². The van der Waals surface area contributed by atoms with Crippen LogP contribution >= 0.6 is 0 Å². The zero-order valence-electron chi connectivity index (χ0n) is 16.5. The summed E-state index contributed by atoms with van der Waals surface area (Å²) in [5.41, 5.74) is 2.00. The quantitative estimate of drug-likeness (QED) is 0.577. The van der Waals surface area contributed by atoms with Crippen LogP contribution in [0.15, 0.2) is 29.7 Å². The molecule has 0 spiro atoms. The average Bonchev–Trinajstić information content (AvgIpc) is 3.01. The van der Waals surface area contributed by atoms with E-state index in [-0.39, 0.29) is 12.7 Å². The van der Waals surface area contributed by atoms with E-state index in [0.717, 1.165) is 28.7 Å².